The summed E-state index contributed by atoms with van der Waals surface area (Å²) in [5, 5.41) is 8.03. The molecule has 3 heteroatoms. The number of benzene rings is 1. The maximum atomic E-state index is 4.47. The van der Waals surface area contributed by atoms with E-state index in [4.69, 9.17) is 0 Å². The summed E-state index contributed by atoms with van der Waals surface area (Å²) in [6.07, 6.45) is 1.10. The lowest BCUT2D eigenvalue weighted by molar-refractivity contribution is 0.500. The molecule has 0 saturated carbocycles. The maximum absolute atomic E-state index is 4.47. The van der Waals surface area contributed by atoms with Crippen molar-refractivity contribution >= 4 is 0 Å². The van der Waals surface area contributed by atoms with Crippen LogP contribution in [0.5, 0.6) is 0 Å². The minimum Gasteiger partial charge on any atom is -0.310 e. The molecule has 1 heterocycles. The summed E-state index contributed by atoms with van der Waals surface area (Å²) in [6.45, 7) is 8.35. The molecule has 0 bridgehead atoms. The van der Waals surface area contributed by atoms with E-state index in [1.807, 2.05) is 6.92 Å². The van der Waals surface area contributed by atoms with Crippen LogP contribution in [0, 0.1) is 13.8 Å². The van der Waals surface area contributed by atoms with E-state index >= 15 is 0 Å². The van der Waals surface area contributed by atoms with Gasteiger partial charge in [-0.25, -0.2) is 0 Å². The topological polar surface area (TPSA) is 29.9 Å². The molecule has 0 amide bonds. The molecule has 1 N–H and O–H groups in total. The summed E-state index contributed by atoms with van der Waals surface area (Å²) in [5.74, 6) is 0. The van der Waals surface area contributed by atoms with Gasteiger partial charge in [-0.05, 0) is 45.4 Å². The van der Waals surface area contributed by atoms with Gasteiger partial charge in [0.05, 0.1) is 5.69 Å². The third-order valence-electron chi connectivity index (χ3n) is 3.40. The number of aromatic nitrogens is 2. The number of aryl methyl sites for hydroxylation is 3. The second-order valence-corrected chi connectivity index (χ2v) is 5.09. The van der Waals surface area contributed by atoms with Crippen LogP contribution in [0.1, 0.15) is 36.3 Å². The molecule has 0 aliphatic carbocycles. The molecular weight excluding hydrogens is 234 g/mol. The van der Waals surface area contributed by atoms with Crippen LogP contribution in [-0.4, -0.2) is 16.3 Å². The number of hydrogen-bond donors (Lipinski definition) is 1. The van der Waals surface area contributed by atoms with E-state index in [1.54, 1.807) is 0 Å². The molecule has 19 heavy (non-hydrogen) atoms. The lowest BCUT2D eigenvalue weighted by Gasteiger charge is -2.14. The summed E-state index contributed by atoms with van der Waals surface area (Å²) in [6, 6.07) is 13.1. The summed E-state index contributed by atoms with van der Waals surface area (Å²) < 4.78 is 2.09. The van der Waals surface area contributed by atoms with Crippen LogP contribution < -0.4 is 5.32 Å². The van der Waals surface area contributed by atoms with Crippen LogP contribution in [0.3, 0.4) is 0 Å². The minimum atomic E-state index is 0.404. The Morgan fingerprint density at radius 3 is 2.58 bits per heavy atom. The van der Waals surface area contributed by atoms with Crippen LogP contribution in [0.4, 0.5) is 0 Å². The molecule has 0 radical (unpaired) electrons. The van der Waals surface area contributed by atoms with Crippen molar-refractivity contribution in [1.82, 2.24) is 15.1 Å². The van der Waals surface area contributed by atoms with E-state index in [0.29, 0.717) is 6.04 Å². The van der Waals surface area contributed by atoms with Gasteiger partial charge in [0.2, 0.25) is 0 Å². The van der Waals surface area contributed by atoms with Gasteiger partial charge in [-0.3, -0.25) is 4.68 Å². The summed E-state index contributed by atoms with van der Waals surface area (Å²) in [5.41, 5.74) is 3.69. The van der Waals surface area contributed by atoms with Crippen molar-refractivity contribution in [2.75, 3.05) is 6.54 Å². The molecule has 0 aliphatic heterocycles. The Labute approximate surface area is 115 Å². The van der Waals surface area contributed by atoms with E-state index in [1.165, 1.54) is 11.3 Å². The predicted octanol–water partition coefficient (Wildman–Crippen LogP) is 3.24. The van der Waals surface area contributed by atoms with Crippen LogP contribution in [0.15, 0.2) is 36.4 Å². The van der Waals surface area contributed by atoms with E-state index in [-0.39, 0.29) is 0 Å². The summed E-state index contributed by atoms with van der Waals surface area (Å²) in [7, 11) is 0. The van der Waals surface area contributed by atoms with E-state index < -0.39 is 0 Å². The molecule has 3 nitrogen and oxygen atoms in total. The van der Waals surface area contributed by atoms with E-state index in [0.717, 1.165) is 25.2 Å². The minimum absolute atomic E-state index is 0.404. The molecule has 2 aromatic rings. The van der Waals surface area contributed by atoms with Crippen LogP contribution >= 0.6 is 0 Å². The van der Waals surface area contributed by atoms with Gasteiger partial charge in [0.1, 0.15) is 0 Å². The van der Waals surface area contributed by atoms with Crippen molar-refractivity contribution in [3.05, 3.63) is 53.3 Å². The predicted molar refractivity (Wildman–Crippen MR) is 79.2 cm³/mol. The molecular formula is C16H23N3. The van der Waals surface area contributed by atoms with Gasteiger partial charge in [-0.15, -0.1) is 0 Å². The van der Waals surface area contributed by atoms with Gasteiger partial charge >= 0.3 is 0 Å². The number of rotatable bonds is 6. The van der Waals surface area contributed by atoms with Gasteiger partial charge in [-0.2, -0.15) is 5.10 Å². The molecule has 102 valence electrons. The van der Waals surface area contributed by atoms with Crippen LogP contribution in [0.2, 0.25) is 0 Å². The second-order valence-electron chi connectivity index (χ2n) is 5.09. The summed E-state index contributed by atoms with van der Waals surface area (Å²) >= 11 is 0. The van der Waals surface area contributed by atoms with Gasteiger partial charge in [0, 0.05) is 18.3 Å². The van der Waals surface area contributed by atoms with Crippen molar-refractivity contribution in [3.8, 4) is 0 Å². The first-order chi connectivity index (χ1) is 9.16. The fraction of sp³-hybridized carbons (Fsp3) is 0.438. The Morgan fingerprint density at radius 2 is 1.95 bits per heavy atom. The van der Waals surface area contributed by atoms with Crippen LogP contribution in [0.25, 0.3) is 0 Å². The number of nitrogens with zero attached hydrogens (tertiary/aromatic N) is 2. The highest BCUT2D eigenvalue weighted by molar-refractivity contribution is 5.17. The van der Waals surface area contributed by atoms with Gasteiger partial charge in [-0.1, -0.05) is 30.3 Å². The van der Waals surface area contributed by atoms with E-state index in [9.17, 15) is 0 Å². The van der Waals surface area contributed by atoms with Crippen molar-refractivity contribution in [2.24, 2.45) is 0 Å². The van der Waals surface area contributed by atoms with Crippen molar-refractivity contribution in [3.63, 3.8) is 0 Å². The highest BCUT2D eigenvalue weighted by Crippen LogP contribution is 2.11. The fourth-order valence-electron chi connectivity index (χ4n) is 2.31. The second kappa shape index (κ2) is 6.53. The van der Waals surface area contributed by atoms with Crippen molar-refractivity contribution in [1.29, 1.82) is 0 Å². The Kier molecular flexibility index (Phi) is 4.74. The zero-order valence-electron chi connectivity index (χ0n) is 12.1. The largest absolute Gasteiger partial charge is 0.310 e. The third-order valence-corrected chi connectivity index (χ3v) is 3.40. The molecule has 0 fully saturated rings. The molecule has 0 spiro atoms. The van der Waals surface area contributed by atoms with Gasteiger partial charge in [0.15, 0.2) is 0 Å². The van der Waals surface area contributed by atoms with Crippen LogP contribution in [-0.2, 0) is 6.54 Å². The molecule has 1 atom stereocenters. The third kappa shape index (κ3) is 3.93. The van der Waals surface area contributed by atoms with E-state index in [2.05, 4.69) is 65.3 Å². The van der Waals surface area contributed by atoms with Crippen molar-refractivity contribution < 1.29 is 0 Å². The quantitative estimate of drug-likeness (QED) is 0.805. The normalized spacial score (nSPS) is 12.6. The lowest BCUT2D eigenvalue weighted by atomic mass is 10.1. The number of nitrogens with one attached hydrogen (secondary N) is 1. The Hall–Kier alpha value is -1.61. The Balaban J connectivity index is 1.74. The Bertz CT molecular complexity index is 502. The molecule has 1 aromatic carbocycles. The monoisotopic (exact) mass is 257 g/mol. The standard InChI is InChI=1S/C16H23N3/c1-13-12-14(2)19(18-13)11-7-10-17-15(3)16-8-5-4-6-9-16/h4-6,8-9,12,15,17H,7,10-11H2,1-3H3. The SMILES string of the molecule is Cc1cc(C)n(CCCNC(C)c2ccccc2)n1. The zero-order valence-corrected chi connectivity index (χ0v) is 12.1. The maximum Gasteiger partial charge on any atom is 0.0596 e. The molecule has 1 aromatic heterocycles. The smallest absolute Gasteiger partial charge is 0.0596 e. The van der Waals surface area contributed by atoms with Gasteiger partial charge < -0.3 is 5.32 Å². The molecule has 1 unspecified atom stereocenters. The summed E-state index contributed by atoms with van der Waals surface area (Å²) in [4.78, 5) is 0. The molecule has 0 aliphatic rings. The highest BCUT2D eigenvalue weighted by atomic mass is 15.3. The molecule has 0 saturated heterocycles. The lowest BCUT2D eigenvalue weighted by Crippen LogP contribution is -2.21. The first kappa shape index (κ1) is 13.8. The fourth-order valence-corrected chi connectivity index (χ4v) is 2.31. The Morgan fingerprint density at radius 1 is 1.21 bits per heavy atom. The average Bonchev–Trinajstić information content (AvgIpc) is 2.74. The number of hydrogen-bond acceptors (Lipinski definition) is 2. The highest BCUT2D eigenvalue weighted by Gasteiger charge is 2.04. The van der Waals surface area contributed by atoms with Gasteiger partial charge in [0.25, 0.3) is 0 Å². The first-order valence-corrected chi connectivity index (χ1v) is 6.96. The van der Waals surface area contributed by atoms with Crippen molar-refractivity contribution in [2.45, 2.75) is 39.8 Å². The zero-order chi connectivity index (χ0) is 13.7. The first-order valence-electron chi connectivity index (χ1n) is 6.96. The average molecular weight is 257 g/mol. The molecule has 2 rings (SSSR count).